The summed E-state index contributed by atoms with van der Waals surface area (Å²) >= 11 is 0. The van der Waals surface area contributed by atoms with E-state index >= 15 is 0 Å². The Morgan fingerprint density at radius 2 is 1.65 bits per heavy atom. The van der Waals surface area contributed by atoms with E-state index in [1.54, 1.807) is 12.1 Å². The maximum atomic E-state index is 11.1. The van der Waals surface area contributed by atoms with E-state index in [0.29, 0.717) is 22.8 Å². The van der Waals surface area contributed by atoms with Crippen LogP contribution in [0.1, 0.15) is 5.56 Å². The highest BCUT2D eigenvalue weighted by molar-refractivity contribution is 5.92. The summed E-state index contributed by atoms with van der Waals surface area (Å²) < 4.78 is 20.5. The number of aliphatic carboxylic acids is 1. The second-order valence-corrected chi connectivity index (χ2v) is 3.87. The fraction of sp³-hybridized carbons (Fsp3) is 0.357. The standard InChI is InChI=1S/C14H18O6/c1-17-8-10(14(15)16)5-9-6-11(18-2)13(20-4)12(7-9)19-3/h5-7H,8H2,1-4H3,(H,15,16)/b10-5+. The van der Waals surface area contributed by atoms with Gasteiger partial charge in [0, 0.05) is 7.11 Å². The fourth-order valence-corrected chi connectivity index (χ4v) is 1.71. The molecule has 6 heteroatoms. The highest BCUT2D eigenvalue weighted by Crippen LogP contribution is 2.38. The summed E-state index contributed by atoms with van der Waals surface area (Å²) in [5, 5.41) is 9.08. The van der Waals surface area contributed by atoms with Crippen molar-refractivity contribution >= 4 is 12.0 Å². The Balaban J connectivity index is 3.31. The Kier molecular flexibility index (Phi) is 5.86. The number of methoxy groups -OCH3 is 4. The fourth-order valence-electron chi connectivity index (χ4n) is 1.71. The quantitative estimate of drug-likeness (QED) is 0.769. The molecule has 0 aliphatic rings. The Bertz CT molecular complexity index is 481. The summed E-state index contributed by atoms with van der Waals surface area (Å²) in [6.07, 6.45) is 1.50. The van der Waals surface area contributed by atoms with Gasteiger partial charge in [-0.25, -0.2) is 4.79 Å². The average molecular weight is 282 g/mol. The lowest BCUT2D eigenvalue weighted by Crippen LogP contribution is -2.06. The number of carboxylic acids is 1. The number of ether oxygens (including phenoxy) is 4. The van der Waals surface area contributed by atoms with E-state index in [4.69, 9.17) is 24.1 Å². The zero-order valence-corrected chi connectivity index (χ0v) is 11.9. The molecule has 20 heavy (non-hydrogen) atoms. The number of carboxylic acid groups (broad SMARTS) is 1. The lowest BCUT2D eigenvalue weighted by Gasteiger charge is -2.13. The van der Waals surface area contributed by atoms with Crippen LogP contribution >= 0.6 is 0 Å². The van der Waals surface area contributed by atoms with Crippen LogP contribution in [0, 0.1) is 0 Å². The molecular formula is C14H18O6. The molecule has 0 amide bonds. The van der Waals surface area contributed by atoms with Crippen LogP contribution in [0.25, 0.3) is 6.08 Å². The summed E-state index contributed by atoms with van der Waals surface area (Å²) in [5.41, 5.74) is 0.746. The van der Waals surface area contributed by atoms with E-state index in [0.717, 1.165) is 0 Å². The van der Waals surface area contributed by atoms with E-state index in [9.17, 15) is 4.79 Å². The van der Waals surface area contributed by atoms with E-state index in [2.05, 4.69) is 0 Å². The van der Waals surface area contributed by atoms with Crippen LogP contribution in [0.2, 0.25) is 0 Å². The summed E-state index contributed by atoms with van der Waals surface area (Å²) in [7, 11) is 5.94. The van der Waals surface area contributed by atoms with E-state index in [1.165, 1.54) is 34.5 Å². The van der Waals surface area contributed by atoms with E-state index in [1.807, 2.05) is 0 Å². The van der Waals surface area contributed by atoms with Crippen molar-refractivity contribution in [2.45, 2.75) is 0 Å². The molecule has 0 radical (unpaired) electrons. The van der Waals surface area contributed by atoms with Gasteiger partial charge < -0.3 is 24.1 Å². The van der Waals surface area contributed by atoms with Crippen molar-refractivity contribution in [1.82, 2.24) is 0 Å². The van der Waals surface area contributed by atoms with Crippen LogP contribution in [-0.2, 0) is 9.53 Å². The number of rotatable bonds is 7. The van der Waals surface area contributed by atoms with Crippen LogP contribution in [-0.4, -0.2) is 46.1 Å². The highest BCUT2D eigenvalue weighted by Gasteiger charge is 2.14. The molecule has 0 spiro atoms. The predicted molar refractivity (Wildman–Crippen MR) is 73.6 cm³/mol. The van der Waals surface area contributed by atoms with E-state index < -0.39 is 5.97 Å². The third-order valence-corrected chi connectivity index (χ3v) is 2.60. The van der Waals surface area contributed by atoms with Gasteiger partial charge in [0.1, 0.15) is 0 Å². The smallest absolute Gasteiger partial charge is 0.333 e. The van der Waals surface area contributed by atoms with Gasteiger partial charge in [0.2, 0.25) is 5.75 Å². The average Bonchev–Trinajstić information content (AvgIpc) is 2.45. The van der Waals surface area contributed by atoms with Gasteiger partial charge in [0.05, 0.1) is 33.5 Å². The maximum Gasteiger partial charge on any atom is 0.333 e. The number of hydrogen-bond acceptors (Lipinski definition) is 5. The van der Waals surface area contributed by atoms with Crippen molar-refractivity contribution in [2.75, 3.05) is 35.0 Å². The molecule has 110 valence electrons. The zero-order valence-electron chi connectivity index (χ0n) is 11.9. The third kappa shape index (κ3) is 3.64. The third-order valence-electron chi connectivity index (χ3n) is 2.60. The monoisotopic (exact) mass is 282 g/mol. The molecule has 1 N–H and O–H groups in total. The highest BCUT2D eigenvalue weighted by atomic mass is 16.5. The minimum absolute atomic E-state index is 0.00595. The van der Waals surface area contributed by atoms with Crippen LogP contribution in [0.4, 0.5) is 0 Å². The van der Waals surface area contributed by atoms with Crippen LogP contribution < -0.4 is 14.2 Å². The summed E-state index contributed by atoms with van der Waals surface area (Å²) in [6.45, 7) is 0.00595. The second kappa shape index (κ2) is 7.40. The maximum absolute atomic E-state index is 11.1. The largest absolute Gasteiger partial charge is 0.493 e. The lowest BCUT2D eigenvalue weighted by atomic mass is 10.1. The first kappa shape index (κ1) is 15.8. The van der Waals surface area contributed by atoms with Gasteiger partial charge in [-0.2, -0.15) is 0 Å². The number of hydrogen-bond donors (Lipinski definition) is 1. The molecule has 6 nitrogen and oxygen atoms in total. The van der Waals surface area contributed by atoms with Crippen molar-refractivity contribution in [2.24, 2.45) is 0 Å². The molecule has 0 atom stereocenters. The molecule has 1 aromatic carbocycles. The topological polar surface area (TPSA) is 74.2 Å². The molecule has 0 aliphatic carbocycles. The Morgan fingerprint density at radius 3 is 2.00 bits per heavy atom. The molecule has 0 aliphatic heterocycles. The molecule has 0 bridgehead atoms. The van der Waals surface area contributed by atoms with Gasteiger partial charge in [-0.15, -0.1) is 0 Å². The van der Waals surface area contributed by atoms with Crippen molar-refractivity contribution in [1.29, 1.82) is 0 Å². The molecule has 0 saturated heterocycles. The Hall–Kier alpha value is -2.21. The molecule has 0 fully saturated rings. The minimum Gasteiger partial charge on any atom is -0.493 e. The predicted octanol–water partition coefficient (Wildman–Crippen LogP) is 1.83. The Labute approximate surface area is 117 Å². The normalized spacial score (nSPS) is 11.1. The first-order valence-electron chi connectivity index (χ1n) is 5.80. The first-order valence-corrected chi connectivity index (χ1v) is 5.80. The van der Waals surface area contributed by atoms with Gasteiger partial charge >= 0.3 is 5.97 Å². The molecule has 0 saturated carbocycles. The zero-order chi connectivity index (χ0) is 15.1. The molecule has 1 aromatic rings. The van der Waals surface area contributed by atoms with Gasteiger partial charge in [-0.3, -0.25) is 0 Å². The van der Waals surface area contributed by atoms with Crippen molar-refractivity contribution in [3.8, 4) is 17.2 Å². The first-order chi connectivity index (χ1) is 9.57. The van der Waals surface area contributed by atoms with Crippen molar-refractivity contribution < 1.29 is 28.8 Å². The summed E-state index contributed by atoms with van der Waals surface area (Å²) in [6, 6.07) is 3.33. The SMILES string of the molecule is COC/C(=C\c1cc(OC)c(OC)c(OC)c1)C(=O)O. The number of benzene rings is 1. The van der Waals surface area contributed by atoms with Gasteiger partial charge in [-0.1, -0.05) is 0 Å². The molecule has 1 rings (SSSR count). The lowest BCUT2D eigenvalue weighted by molar-refractivity contribution is -0.133. The molecular weight excluding hydrogens is 264 g/mol. The van der Waals surface area contributed by atoms with Crippen LogP contribution in [0.3, 0.4) is 0 Å². The summed E-state index contributed by atoms with van der Waals surface area (Å²) in [4.78, 5) is 11.1. The number of carbonyl (C=O) groups is 1. The van der Waals surface area contributed by atoms with Crippen LogP contribution in [0.5, 0.6) is 17.2 Å². The van der Waals surface area contributed by atoms with Crippen molar-refractivity contribution in [3.05, 3.63) is 23.3 Å². The summed E-state index contributed by atoms with van der Waals surface area (Å²) in [5.74, 6) is 0.330. The molecule has 0 heterocycles. The van der Waals surface area contributed by atoms with Gasteiger partial charge in [-0.05, 0) is 23.8 Å². The van der Waals surface area contributed by atoms with Gasteiger partial charge in [0.15, 0.2) is 11.5 Å². The molecule has 0 aromatic heterocycles. The van der Waals surface area contributed by atoms with Crippen molar-refractivity contribution in [3.63, 3.8) is 0 Å². The van der Waals surface area contributed by atoms with Gasteiger partial charge in [0.25, 0.3) is 0 Å². The minimum atomic E-state index is -1.04. The Morgan fingerprint density at radius 1 is 1.10 bits per heavy atom. The second-order valence-electron chi connectivity index (χ2n) is 3.87. The van der Waals surface area contributed by atoms with Crippen LogP contribution in [0.15, 0.2) is 17.7 Å². The van der Waals surface area contributed by atoms with E-state index in [-0.39, 0.29) is 12.2 Å². The molecule has 0 unspecified atom stereocenters.